The van der Waals surface area contributed by atoms with Gasteiger partial charge in [0.05, 0.1) is 4.90 Å². The quantitative estimate of drug-likeness (QED) is 0.726. The van der Waals surface area contributed by atoms with E-state index in [0.717, 1.165) is 25.2 Å². The number of benzene rings is 1. The lowest BCUT2D eigenvalue weighted by Gasteiger charge is -2.22. The molecule has 0 saturated carbocycles. The van der Waals surface area contributed by atoms with Gasteiger partial charge in [-0.05, 0) is 37.6 Å². The maximum Gasteiger partial charge on any atom is 0.341 e. The number of halogens is 3. The molecule has 0 amide bonds. The Labute approximate surface area is 117 Å². The molecule has 0 bridgehead atoms. The third-order valence-corrected chi connectivity index (χ3v) is 4.37. The third-order valence-electron chi connectivity index (χ3n) is 2.71. The van der Waals surface area contributed by atoms with Crippen LogP contribution in [0, 0.1) is 0 Å². The van der Waals surface area contributed by atoms with Gasteiger partial charge in [0.1, 0.15) is 0 Å². The summed E-state index contributed by atoms with van der Waals surface area (Å²) >= 11 is 5.62. The van der Waals surface area contributed by atoms with Gasteiger partial charge in [0.25, 0.3) is 0 Å². The summed E-state index contributed by atoms with van der Waals surface area (Å²) in [6, 6.07) is 5.49. The van der Waals surface area contributed by atoms with E-state index in [1.165, 1.54) is 24.3 Å². The SMILES string of the molecule is CCN(CCCCl)c1ccc(S(=O)(=O)C(F)F)cc1. The van der Waals surface area contributed by atoms with Crippen molar-refractivity contribution in [2.45, 2.75) is 24.0 Å². The zero-order valence-electron chi connectivity index (χ0n) is 10.5. The number of anilines is 1. The predicted molar refractivity (Wildman–Crippen MR) is 72.9 cm³/mol. The molecular formula is C12H16ClF2NO2S. The van der Waals surface area contributed by atoms with Crippen LogP contribution in [0.5, 0.6) is 0 Å². The Morgan fingerprint density at radius 2 is 1.84 bits per heavy atom. The Balaban J connectivity index is 2.92. The molecule has 0 aliphatic heterocycles. The van der Waals surface area contributed by atoms with E-state index in [9.17, 15) is 17.2 Å². The largest absolute Gasteiger partial charge is 0.372 e. The normalized spacial score (nSPS) is 11.8. The zero-order valence-corrected chi connectivity index (χ0v) is 12.1. The van der Waals surface area contributed by atoms with Gasteiger partial charge in [-0.15, -0.1) is 11.6 Å². The first-order valence-corrected chi connectivity index (χ1v) is 7.94. The topological polar surface area (TPSA) is 37.4 Å². The van der Waals surface area contributed by atoms with Crippen LogP contribution in [0.25, 0.3) is 0 Å². The molecule has 0 aromatic heterocycles. The van der Waals surface area contributed by atoms with Crippen molar-refractivity contribution in [3.05, 3.63) is 24.3 Å². The smallest absolute Gasteiger partial charge is 0.341 e. The average Bonchev–Trinajstić information content (AvgIpc) is 2.40. The van der Waals surface area contributed by atoms with Crippen LogP contribution in [-0.2, 0) is 9.84 Å². The Bertz CT molecular complexity index is 491. The van der Waals surface area contributed by atoms with E-state index in [0.29, 0.717) is 5.88 Å². The van der Waals surface area contributed by atoms with Crippen molar-refractivity contribution < 1.29 is 17.2 Å². The lowest BCUT2D eigenvalue weighted by Crippen LogP contribution is -2.24. The third kappa shape index (κ3) is 4.04. The highest BCUT2D eigenvalue weighted by Gasteiger charge is 2.26. The van der Waals surface area contributed by atoms with E-state index < -0.39 is 15.6 Å². The molecule has 3 nitrogen and oxygen atoms in total. The highest BCUT2D eigenvalue weighted by molar-refractivity contribution is 7.91. The van der Waals surface area contributed by atoms with Gasteiger partial charge in [0, 0.05) is 24.7 Å². The van der Waals surface area contributed by atoms with Gasteiger partial charge in [-0.2, -0.15) is 8.78 Å². The average molecular weight is 312 g/mol. The first-order chi connectivity index (χ1) is 8.93. The van der Waals surface area contributed by atoms with Gasteiger partial charge in [-0.3, -0.25) is 0 Å². The molecule has 7 heteroatoms. The fourth-order valence-corrected chi connectivity index (χ4v) is 2.51. The van der Waals surface area contributed by atoms with Crippen LogP contribution in [0.2, 0.25) is 0 Å². The second kappa shape index (κ2) is 7.05. The van der Waals surface area contributed by atoms with Crippen LogP contribution < -0.4 is 4.90 Å². The number of nitrogens with zero attached hydrogens (tertiary/aromatic N) is 1. The molecule has 0 atom stereocenters. The second-order valence-electron chi connectivity index (χ2n) is 3.92. The van der Waals surface area contributed by atoms with Crippen LogP contribution in [0.1, 0.15) is 13.3 Å². The van der Waals surface area contributed by atoms with Crippen LogP contribution >= 0.6 is 11.6 Å². The molecule has 0 unspecified atom stereocenters. The fraction of sp³-hybridized carbons (Fsp3) is 0.500. The minimum Gasteiger partial charge on any atom is -0.372 e. The monoisotopic (exact) mass is 311 g/mol. The first-order valence-electron chi connectivity index (χ1n) is 5.86. The molecule has 0 saturated heterocycles. The molecule has 0 radical (unpaired) electrons. The molecule has 0 fully saturated rings. The van der Waals surface area contributed by atoms with Crippen molar-refractivity contribution in [2.24, 2.45) is 0 Å². The Morgan fingerprint density at radius 3 is 2.26 bits per heavy atom. The van der Waals surface area contributed by atoms with E-state index in [2.05, 4.69) is 0 Å². The predicted octanol–water partition coefficient (Wildman–Crippen LogP) is 3.14. The summed E-state index contributed by atoms with van der Waals surface area (Å²) in [5, 5.41) is 0. The van der Waals surface area contributed by atoms with Crippen molar-refractivity contribution >= 4 is 27.1 Å². The van der Waals surface area contributed by atoms with Crippen LogP contribution in [0.15, 0.2) is 29.2 Å². The lowest BCUT2D eigenvalue weighted by atomic mass is 10.2. The molecule has 0 aliphatic carbocycles. The summed E-state index contributed by atoms with van der Waals surface area (Å²) in [5.41, 5.74) is 0.792. The molecule has 1 aromatic carbocycles. The van der Waals surface area contributed by atoms with E-state index in [1.807, 2.05) is 11.8 Å². The van der Waals surface area contributed by atoms with Crippen molar-refractivity contribution in [3.63, 3.8) is 0 Å². The van der Waals surface area contributed by atoms with Gasteiger partial charge < -0.3 is 4.90 Å². The van der Waals surface area contributed by atoms with Crippen LogP contribution in [0.3, 0.4) is 0 Å². The van der Waals surface area contributed by atoms with Crippen molar-refractivity contribution in [2.75, 3.05) is 23.9 Å². The summed E-state index contributed by atoms with van der Waals surface area (Å²) in [6.45, 7) is 3.43. The van der Waals surface area contributed by atoms with Crippen LogP contribution in [-0.4, -0.2) is 33.1 Å². The molecule has 19 heavy (non-hydrogen) atoms. The summed E-state index contributed by atoms with van der Waals surface area (Å²) in [4.78, 5) is 1.64. The van der Waals surface area contributed by atoms with E-state index >= 15 is 0 Å². The van der Waals surface area contributed by atoms with Crippen LogP contribution in [0.4, 0.5) is 14.5 Å². The van der Waals surface area contributed by atoms with Gasteiger partial charge in [0.2, 0.25) is 9.84 Å². The van der Waals surface area contributed by atoms with Gasteiger partial charge in [-0.25, -0.2) is 8.42 Å². The summed E-state index contributed by atoms with van der Waals surface area (Å²) in [6.07, 6.45) is 0.798. The number of hydrogen-bond acceptors (Lipinski definition) is 3. The number of alkyl halides is 3. The highest BCUT2D eigenvalue weighted by atomic mass is 35.5. The minimum atomic E-state index is -4.52. The number of sulfone groups is 1. The molecule has 0 spiro atoms. The molecule has 0 N–H and O–H groups in total. The summed E-state index contributed by atoms with van der Waals surface area (Å²) < 4.78 is 47.3. The minimum absolute atomic E-state index is 0.361. The molecular weight excluding hydrogens is 296 g/mol. The standard InChI is InChI=1S/C12H16ClF2NO2S/c1-2-16(9-3-8-13)10-4-6-11(7-5-10)19(17,18)12(14)15/h4-7,12H,2-3,8-9H2,1H3. The summed E-state index contributed by atoms with van der Waals surface area (Å²) in [5.74, 6) is -2.86. The Hall–Kier alpha value is -0.880. The Morgan fingerprint density at radius 1 is 1.26 bits per heavy atom. The maximum absolute atomic E-state index is 12.4. The molecule has 108 valence electrons. The molecule has 0 heterocycles. The van der Waals surface area contributed by atoms with E-state index in [4.69, 9.17) is 11.6 Å². The van der Waals surface area contributed by atoms with Crippen molar-refractivity contribution in [1.82, 2.24) is 0 Å². The highest BCUT2D eigenvalue weighted by Crippen LogP contribution is 2.22. The summed E-state index contributed by atoms with van der Waals surface area (Å²) in [7, 11) is -4.52. The maximum atomic E-state index is 12.4. The second-order valence-corrected chi connectivity index (χ2v) is 6.22. The lowest BCUT2D eigenvalue weighted by molar-refractivity contribution is 0.234. The first kappa shape index (κ1) is 16.2. The number of hydrogen-bond donors (Lipinski definition) is 0. The van der Waals surface area contributed by atoms with Gasteiger partial charge in [-0.1, -0.05) is 0 Å². The Kier molecular flexibility index (Phi) is 6.00. The molecule has 1 rings (SSSR count). The molecule has 1 aromatic rings. The zero-order chi connectivity index (χ0) is 14.5. The van der Waals surface area contributed by atoms with E-state index in [1.54, 1.807) is 0 Å². The van der Waals surface area contributed by atoms with Gasteiger partial charge >= 0.3 is 5.76 Å². The molecule has 0 aliphatic rings. The van der Waals surface area contributed by atoms with Crippen molar-refractivity contribution in [3.8, 4) is 0 Å². The van der Waals surface area contributed by atoms with Crippen molar-refractivity contribution in [1.29, 1.82) is 0 Å². The van der Waals surface area contributed by atoms with E-state index in [-0.39, 0.29) is 4.90 Å². The fourth-order valence-electron chi connectivity index (χ4n) is 1.67. The van der Waals surface area contributed by atoms with Gasteiger partial charge in [0.15, 0.2) is 0 Å². The number of rotatable bonds is 7.